The Morgan fingerprint density at radius 2 is 1.71 bits per heavy atom. The average molecular weight is 337 g/mol. The Labute approximate surface area is 143 Å². The Balaban J connectivity index is 2.42. The van der Waals surface area contributed by atoms with E-state index < -0.39 is 12.0 Å². The van der Waals surface area contributed by atoms with E-state index in [-0.39, 0.29) is 18.1 Å². The van der Waals surface area contributed by atoms with Gasteiger partial charge >= 0.3 is 5.97 Å². The smallest absolute Gasteiger partial charge is 0.328 e. The van der Waals surface area contributed by atoms with Crippen LogP contribution in [0.2, 0.25) is 0 Å². The van der Waals surface area contributed by atoms with Gasteiger partial charge in [0.15, 0.2) is 0 Å². The minimum atomic E-state index is -0.617. The summed E-state index contributed by atoms with van der Waals surface area (Å²) < 4.78 is 17.6. The lowest BCUT2D eigenvalue weighted by Crippen LogP contribution is -2.42. The number of carbonyl (C=O) groups is 2. The van der Waals surface area contributed by atoms with Gasteiger partial charge in [-0.15, -0.1) is 0 Å². The van der Waals surface area contributed by atoms with Crippen LogP contribution in [-0.4, -0.2) is 25.0 Å². The van der Waals surface area contributed by atoms with Crippen molar-refractivity contribution in [2.24, 2.45) is 0 Å². The minimum Gasteiger partial charge on any atom is -0.467 e. The summed E-state index contributed by atoms with van der Waals surface area (Å²) in [5.74, 6) is -1.02. The molecule has 4 nitrogen and oxygen atoms in total. The van der Waals surface area contributed by atoms with Crippen molar-refractivity contribution >= 4 is 11.9 Å². The summed E-state index contributed by atoms with van der Waals surface area (Å²) in [6, 6.07) is 5.15. The quantitative estimate of drug-likeness (QED) is 0.494. The summed E-state index contributed by atoms with van der Waals surface area (Å²) in [6.45, 7) is 2.17. The van der Waals surface area contributed by atoms with Crippen LogP contribution < -0.4 is 5.32 Å². The molecule has 1 amide bonds. The van der Waals surface area contributed by atoms with Crippen molar-refractivity contribution < 1.29 is 18.7 Å². The maximum Gasteiger partial charge on any atom is 0.328 e. The van der Waals surface area contributed by atoms with Gasteiger partial charge in [-0.25, -0.2) is 9.18 Å². The number of unbranched alkanes of at least 4 members (excludes halogenated alkanes) is 5. The van der Waals surface area contributed by atoms with E-state index >= 15 is 0 Å². The lowest BCUT2D eigenvalue weighted by molar-refractivity contribution is -0.145. The molecule has 1 atom stereocenters. The van der Waals surface area contributed by atoms with Crippen LogP contribution in [0.5, 0.6) is 0 Å². The number of benzene rings is 1. The molecule has 0 spiro atoms. The third-order valence-corrected chi connectivity index (χ3v) is 3.95. The van der Waals surface area contributed by atoms with Crippen LogP contribution in [0.1, 0.15) is 57.4 Å². The fraction of sp³-hybridized carbons (Fsp3) is 0.579. The van der Waals surface area contributed by atoms with Crippen molar-refractivity contribution in [3.63, 3.8) is 0 Å². The van der Waals surface area contributed by atoms with Gasteiger partial charge in [-0.2, -0.15) is 0 Å². The fourth-order valence-electron chi connectivity index (χ4n) is 2.55. The molecule has 1 rings (SSSR count). The van der Waals surface area contributed by atoms with Crippen LogP contribution in [0.25, 0.3) is 0 Å². The van der Waals surface area contributed by atoms with Crippen LogP contribution >= 0.6 is 0 Å². The number of hydrogen-bond acceptors (Lipinski definition) is 3. The summed E-state index contributed by atoms with van der Waals surface area (Å²) in [5.41, 5.74) is 0.706. The Kier molecular flexibility index (Phi) is 9.73. The first-order valence-electron chi connectivity index (χ1n) is 8.68. The van der Waals surface area contributed by atoms with E-state index in [1.165, 1.54) is 38.5 Å². The van der Waals surface area contributed by atoms with Crippen molar-refractivity contribution in [1.82, 2.24) is 5.32 Å². The van der Waals surface area contributed by atoms with Crippen LogP contribution in [0.3, 0.4) is 0 Å². The van der Waals surface area contributed by atoms with E-state index in [0.717, 1.165) is 19.3 Å². The zero-order chi connectivity index (χ0) is 17.8. The molecular formula is C19H28FNO3. The lowest BCUT2D eigenvalue weighted by Gasteiger charge is -2.16. The average Bonchev–Trinajstić information content (AvgIpc) is 2.58. The number of halogens is 1. The zero-order valence-corrected chi connectivity index (χ0v) is 14.6. The lowest BCUT2D eigenvalue weighted by atomic mass is 10.0. The number of amides is 1. The predicted octanol–water partition coefficient (Wildman–Crippen LogP) is 3.78. The molecule has 1 N–H and O–H groups in total. The number of hydrogen-bond donors (Lipinski definition) is 1. The molecule has 0 fully saturated rings. The van der Waals surface area contributed by atoms with E-state index in [0.29, 0.717) is 12.0 Å². The van der Waals surface area contributed by atoms with Gasteiger partial charge in [0.05, 0.1) is 13.5 Å². The zero-order valence-electron chi connectivity index (χ0n) is 14.6. The van der Waals surface area contributed by atoms with Crippen molar-refractivity contribution in [3.05, 3.63) is 35.6 Å². The molecular weight excluding hydrogens is 309 g/mol. The summed E-state index contributed by atoms with van der Waals surface area (Å²) >= 11 is 0. The minimum absolute atomic E-state index is 0.115. The highest BCUT2D eigenvalue weighted by atomic mass is 19.1. The molecule has 24 heavy (non-hydrogen) atoms. The van der Waals surface area contributed by atoms with E-state index in [4.69, 9.17) is 4.74 Å². The molecule has 5 heteroatoms. The van der Waals surface area contributed by atoms with Crippen molar-refractivity contribution in [2.45, 2.75) is 64.3 Å². The number of nitrogens with one attached hydrogen (secondary N) is 1. The number of carbonyl (C=O) groups excluding carboxylic acids is 2. The van der Waals surface area contributed by atoms with Gasteiger partial charge in [0.1, 0.15) is 11.9 Å². The monoisotopic (exact) mass is 337 g/mol. The molecule has 0 heterocycles. The van der Waals surface area contributed by atoms with Gasteiger partial charge < -0.3 is 10.1 Å². The van der Waals surface area contributed by atoms with Gasteiger partial charge in [-0.3, -0.25) is 4.79 Å². The Morgan fingerprint density at radius 1 is 1.08 bits per heavy atom. The molecule has 0 aromatic heterocycles. The van der Waals surface area contributed by atoms with E-state index in [9.17, 15) is 14.0 Å². The third kappa shape index (κ3) is 8.09. The van der Waals surface area contributed by atoms with Crippen LogP contribution in [0.15, 0.2) is 24.3 Å². The van der Waals surface area contributed by atoms with Crippen molar-refractivity contribution in [1.29, 1.82) is 0 Å². The normalized spacial score (nSPS) is 11.8. The topological polar surface area (TPSA) is 55.4 Å². The van der Waals surface area contributed by atoms with E-state index in [2.05, 4.69) is 12.2 Å². The van der Waals surface area contributed by atoms with Crippen LogP contribution in [0, 0.1) is 5.82 Å². The van der Waals surface area contributed by atoms with E-state index in [1.54, 1.807) is 12.1 Å². The summed E-state index contributed by atoms with van der Waals surface area (Å²) in [6.07, 6.45) is 7.39. The molecule has 0 saturated heterocycles. The first-order chi connectivity index (χ1) is 11.6. The summed E-state index contributed by atoms with van der Waals surface area (Å²) in [4.78, 5) is 23.9. The van der Waals surface area contributed by atoms with Gasteiger partial charge in [0, 0.05) is 0 Å². The SMILES string of the molecule is CCCCCCCC[C@@H](NC(=O)Cc1ccc(F)cc1)C(=O)OC. The Morgan fingerprint density at radius 3 is 2.33 bits per heavy atom. The van der Waals surface area contributed by atoms with Crippen molar-refractivity contribution in [3.8, 4) is 0 Å². The van der Waals surface area contributed by atoms with Gasteiger partial charge in [-0.05, 0) is 24.1 Å². The molecule has 0 aliphatic heterocycles. The van der Waals surface area contributed by atoms with Gasteiger partial charge in [0.2, 0.25) is 5.91 Å². The molecule has 0 bridgehead atoms. The predicted molar refractivity (Wildman–Crippen MR) is 92.0 cm³/mol. The fourth-order valence-corrected chi connectivity index (χ4v) is 2.55. The number of rotatable bonds is 11. The van der Waals surface area contributed by atoms with Crippen LogP contribution in [0.4, 0.5) is 4.39 Å². The first-order valence-corrected chi connectivity index (χ1v) is 8.68. The number of esters is 1. The van der Waals surface area contributed by atoms with Crippen LogP contribution in [-0.2, 0) is 20.7 Å². The molecule has 1 aromatic rings. The van der Waals surface area contributed by atoms with Crippen molar-refractivity contribution in [2.75, 3.05) is 7.11 Å². The second kappa shape index (κ2) is 11.6. The third-order valence-electron chi connectivity index (χ3n) is 3.95. The number of methoxy groups -OCH3 is 1. The molecule has 0 aliphatic rings. The second-order valence-corrected chi connectivity index (χ2v) is 6.00. The van der Waals surface area contributed by atoms with Gasteiger partial charge in [0.25, 0.3) is 0 Å². The molecule has 134 valence electrons. The highest BCUT2D eigenvalue weighted by Gasteiger charge is 2.21. The summed E-state index contributed by atoms with van der Waals surface area (Å²) in [7, 11) is 1.32. The highest BCUT2D eigenvalue weighted by Crippen LogP contribution is 2.10. The highest BCUT2D eigenvalue weighted by molar-refractivity contribution is 5.85. The largest absolute Gasteiger partial charge is 0.467 e. The van der Waals surface area contributed by atoms with E-state index in [1.807, 2.05) is 0 Å². The molecule has 0 radical (unpaired) electrons. The maximum atomic E-state index is 12.9. The maximum absolute atomic E-state index is 12.9. The Bertz CT molecular complexity index is 502. The standard InChI is InChI=1S/C19H28FNO3/c1-3-4-5-6-7-8-9-17(19(23)24-2)21-18(22)14-15-10-12-16(20)13-11-15/h10-13,17H,3-9,14H2,1-2H3,(H,21,22)/t17-/m1/s1. The Hall–Kier alpha value is -1.91. The first kappa shape index (κ1) is 20.1. The molecule has 1 aromatic carbocycles. The number of ether oxygens (including phenoxy) is 1. The summed E-state index contributed by atoms with van der Waals surface area (Å²) in [5, 5.41) is 2.73. The second-order valence-electron chi connectivity index (χ2n) is 6.00. The molecule has 0 saturated carbocycles. The molecule has 0 aliphatic carbocycles. The molecule has 0 unspecified atom stereocenters. The van der Waals surface area contributed by atoms with Gasteiger partial charge in [-0.1, -0.05) is 57.6 Å².